The summed E-state index contributed by atoms with van der Waals surface area (Å²) in [7, 11) is -1.76. The lowest BCUT2D eigenvalue weighted by Crippen LogP contribution is -2.24. The average molecular weight is 271 g/mol. The molecular formula is C11H11ClN2O2S. The Morgan fingerprint density at radius 2 is 2.00 bits per heavy atom. The summed E-state index contributed by atoms with van der Waals surface area (Å²) >= 11 is 6.02. The number of hydrogen-bond donors (Lipinski definition) is 0. The minimum Gasteiger partial charge on any atom is -0.274 e. The molecule has 6 heteroatoms. The Morgan fingerprint density at radius 3 is 2.65 bits per heavy atom. The number of sulfonamides is 1. The molecule has 0 amide bonds. The Kier molecular flexibility index (Phi) is 2.97. The number of nitrogens with zero attached hydrogens (tertiary/aromatic N) is 2. The molecular weight excluding hydrogens is 260 g/mol. The van der Waals surface area contributed by atoms with Crippen LogP contribution in [0.5, 0.6) is 0 Å². The molecule has 2 rings (SSSR count). The molecule has 0 fully saturated rings. The van der Waals surface area contributed by atoms with E-state index in [1.807, 2.05) is 0 Å². The third-order valence-corrected chi connectivity index (χ3v) is 4.06. The van der Waals surface area contributed by atoms with Crippen LogP contribution < -0.4 is 4.31 Å². The zero-order valence-corrected chi connectivity index (χ0v) is 11.0. The molecule has 2 aromatic rings. The van der Waals surface area contributed by atoms with Crippen LogP contribution in [0.2, 0.25) is 5.02 Å². The Balaban J connectivity index is 2.63. The first-order valence-electron chi connectivity index (χ1n) is 4.87. The molecule has 0 unspecified atom stereocenters. The Bertz CT molecular complexity index is 670. The van der Waals surface area contributed by atoms with Gasteiger partial charge in [0.1, 0.15) is 0 Å². The van der Waals surface area contributed by atoms with Gasteiger partial charge in [0.05, 0.1) is 17.0 Å². The quantitative estimate of drug-likeness (QED) is 0.841. The number of fused-ring (bicyclic) bond motifs is 1. The third kappa shape index (κ3) is 2.35. The van der Waals surface area contributed by atoms with Gasteiger partial charge >= 0.3 is 0 Å². The lowest BCUT2D eigenvalue weighted by Gasteiger charge is -2.17. The van der Waals surface area contributed by atoms with Gasteiger partial charge < -0.3 is 0 Å². The Hall–Kier alpha value is -1.33. The second-order valence-corrected chi connectivity index (χ2v) is 6.18. The van der Waals surface area contributed by atoms with Crippen molar-refractivity contribution >= 4 is 38.1 Å². The molecule has 0 aliphatic carbocycles. The summed E-state index contributed by atoms with van der Waals surface area (Å²) < 4.78 is 24.1. The third-order valence-electron chi connectivity index (χ3n) is 2.56. The summed E-state index contributed by atoms with van der Waals surface area (Å²) in [6, 6.07) is 5.26. The molecule has 90 valence electrons. The molecule has 0 radical (unpaired) electrons. The van der Waals surface area contributed by atoms with Gasteiger partial charge in [0.2, 0.25) is 10.0 Å². The van der Waals surface area contributed by atoms with Gasteiger partial charge in [0.25, 0.3) is 0 Å². The number of benzene rings is 1. The smallest absolute Gasteiger partial charge is 0.231 e. The molecule has 0 saturated carbocycles. The maximum absolute atomic E-state index is 11.4. The van der Waals surface area contributed by atoms with Crippen LogP contribution in [0.3, 0.4) is 0 Å². The van der Waals surface area contributed by atoms with Gasteiger partial charge in [-0.3, -0.25) is 9.29 Å². The number of hydrogen-bond acceptors (Lipinski definition) is 3. The first-order valence-corrected chi connectivity index (χ1v) is 7.09. The zero-order valence-electron chi connectivity index (χ0n) is 9.38. The number of anilines is 1. The minimum absolute atomic E-state index is 0.506. The van der Waals surface area contributed by atoms with E-state index < -0.39 is 10.0 Å². The Labute approximate surface area is 105 Å². The molecule has 0 saturated heterocycles. The van der Waals surface area contributed by atoms with E-state index in [2.05, 4.69) is 4.98 Å². The fraction of sp³-hybridized carbons (Fsp3) is 0.182. The summed E-state index contributed by atoms with van der Waals surface area (Å²) in [5, 5.41) is 2.17. The van der Waals surface area contributed by atoms with Gasteiger partial charge in [-0.1, -0.05) is 17.7 Å². The van der Waals surface area contributed by atoms with Gasteiger partial charge in [0, 0.05) is 30.2 Å². The van der Waals surface area contributed by atoms with Gasteiger partial charge in [-0.05, 0) is 12.1 Å². The van der Waals surface area contributed by atoms with E-state index in [4.69, 9.17) is 11.6 Å². The van der Waals surface area contributed by atoms with E-state index in [0.29, 0.717) is 10.7 Å². The summed E-state index contributed by atoms with van der Waals surface area (Å²) in [6.45, 7) is 0. The highest BCUT2D eigenvalue weighted by atomic mass is 35.5. The van der Waals surface area contributed by atoms with E-state index in [1.54, 1.807) is 24.4 Å². The van der Waals surface area contributed by atoms with Gasteiger partial charge in [-0.25, -0.2) is 8.42 Å². The van der Waals surface area contributed by atoms with E-state index in [-0.39, 0.29) is 0 Å². The van der Waals surface area contributed by atoms with Crippen LogP contribution in [0.4, 0.5) is 5.69 Å². The number of rotatable bonds is 2. The highest BCUT2D eigenvalue weighted by molar-refractivity contribution is 7.92. The van der Waals surface area contributed by atoms with Crippen molar-refractivity contribution in [1.82, 2.24) is 4.98 Å². The van der Waals surface area contributed by atoms with Gasteiger partial charge in [0.15, 0.2) is 0 Å². The van der Waals surface area contributed by atoms with Gasteiger partial charge in [-0.2, -0.15) is 0 Å². The lowest BCUT2D eigenvalue weighted by molar-refractivity contribution is 0.600. The van der Waals surface area contributed by atoms with Crippen molar-refractivity contribution in [2.45, 2.75) is 0 Å². The SMILES string of the molecule is CN(c1ccc2cncc(Cl)c2c1)S(C)(=O)=O. The van der Waals surface area contributed by atoms with E-state index in [9.17, 15) is 8.42 Å². The maximum Gasteiger partial charge on any atom is 0.231 e. The van der Waals surface area contributed by atoms with E-state index in [1.165, 1.54) is 17.5 Å². The largest absolute Gasteiger partial charge is 0.274 e. The Morgan fingerprint density at radius 1 is 1.29 bits per heavy atom. The summed E-state index contributed by atoms with van der Waals surface area (Å²) in [6.07, 6.45) is 4.38. The summed E-state index contributed by atoms with van der Waals surface area (Å²) in [5.74, 6) is 0. The lowest BCUT2D eigenvalue weighted by atomic mass is 10.1. The van der Waals surface area contributed by atoms with Crippen LogP contribution in [-0.4, -0.2) is 26.7 Å². The highest BCUT2D eigenvalue weighted by Crippen LogP contribution is 2.27. The van der Waals surface area contributed by atoms with Crippen molar-refractivity contribution in [1.29, 1.82) is 0 Å². The summed E-state index contributed by atoms with van der Waals surface area (Å²) in [4.78, 5) is 3.97. The first kappa shape index (κ1) is 12.1. The molecule has 1 aromatic heterocycles. The molecule has 1 aromatic carbocycles. The van der Waals surface area contributed by atoms with E-state index >= 15 is 0 Å². The number of aromatic nitrogens is 1. The van der Waals surface area contributed by atoms with Crippen LogP contribution in [0, 0.1) is 0 Å². The molecule has 1 heterocycles. The average Bonchev–Trinajstić information content (AvgIpc) is 2.27. The second kappa shape index (κ2) is 4.16. The van der Waals surface area contributed by atoms with Crippen molar-refractivity contribution in [2.24, 2.45) is 0 Å². The standard InChI is InChI=1S/C11H11ClN2O2S/c1-14(17(2,15)16)9-4-3-8-6-13-7-11(12)10(8)5-9/h3-7H,1-2H3. The molecule has 0 aliphatic rings. The fourth-order valence-electron chi connectivity index (χ4n) is 1.50. The molecule has 0 N–H and O–H groups in total. The molecule has 0 aliphatic heterocycles. The monoisotopic (exact) mass is 270 g/mol. The molecule has 4 nitrogen and oxygen atoms in total. The van der Waals surface area contributed by atoms with Crippen molar-refractivity contribution < 1.29 is 8.42 Å². The van der Waals surface area contributed by atoms with Crippen molar-refractivity contribution in [2.75, 3.05) is 17.6 Å². The predicted molar refractivity (Wildman–Crippen MR) is 70.0 cm³/mol. The predicted octanol–water partition coefficient (Wildman–Crippen LogP) is 2.28. The fourth-order valence-corrected chi connectivity index (χ4v) is 2.22. The maximum atomic E-state index is 11.4. The highest BCUT2D eigenvalue weighted by Gasteiger charge is 2.12. The van der Waals surface area contributed by atoms with Crippen LogP contribution in [0.1, 0.15) is 0 Å². The molecule has 0 spiro atoms. The van der Waals surface area contributed by atoms with Crippen molar-refractivity contribution in [3.63, 3.8) is 0 Å². The van der Waals surface area contributed by atoms with E-state index in [0.717, 1.165) is 17.0 Å². The zero-order chi connectivity index (χ0) is 12.6. The second-order valence-electron chi connectivity index (χ2n) is 3.76. The molecule has 0 atom stereocenters. The van der Waals surface area contributed by atoms with Crippen LogP contribution >= 0.6 is 11.6 Å². The van der Waals surface area contributed by atoms with Crippen molar-refractivity contribution in [3.05, 3.63) is 35.6 Å². The topological polar surface area (TPSA) is 50.3 Å². The van der Waals surface area contributed by atoms with Gasteiger partial charge in [-0.15, -0.1) is 0 Å². The van der Waals surface area contributed by atoms with Crippen molar-refractivity contribution in [3.8, 4) is 0 Å². The van der Waals surface area contributed by atoms with Crippen LogP contribution in [0.15, 0.2) is 30.6 Å². The first-order chi connectivity index (χ1) is 7.89. The molecule has 17 heavy (non-hydrogen) atoms. The minimum atomic E-state index is -3.26. The van der Waals surface area contributed by atoms with Crippen LogP contribution in [0.25, 0.3) is 10.8 Å². The molecule has 0 bridgehead atoms. The normalized spacial score (nSPS) is 11.7. The summed E-state index contributed by atoms with van der Waals surface area (Å²) in [5.41, 5.74) is 0.577. The number of pyridine rings is 1. The van der Waals surface area contributed by atoms with Crippen LogP contribution in [-0.2, 0) is 10.0 Å². The number of halogens is 1.